The van der Waals surface area contributed by atoms with E-state index in [1.54, 1.807) is 18.0 Å². The number of aromatic nitrogens is 6. The molecule has 9 nitrogen and oxygen atoms in total. The van der Waals surface area contributed by atoms with Crippen molar-refractivity contribution >= 4 is 51.9 Å². The summed E-state index contributed by atoms with van der Waals surface area (Å²) in [6.45, 7) is 11.2. The molecule has 31 heavy (non-hydrogen) atoms. The van der Waals surface area contributed by atoms with Crippen LogP contribution in [0.3, 0.4) is 0 Å². The number of nitrogens with zero attached hydrogens (tertiary/aromatic N) is 6. The molecule has 11 heteroatoms. The molecule has 4 heterocycles. The van der Waals surface area contributed by atoms with Crippen molar-refractivity contribution in [3.63, 3.8) is 0 Å². The molecule has 0 radical (unpaired) electrons. The van der Waals surface area contributed by atoms with Gasteiger partial charge in [0.2, 0.25) is 11.9 Å². The van der Waals surface area contributed by atoms with Gasteiger partial charge in [-0.1, -0.05) is 18.2 Å². The first kappa shape index (κ1) is 21.6. The lowest BCUT2D eigenvalue weighted by Gasteiger charge is -2.31. The highest BCUT2D eigenvalue weighted by molar-refractivity contribution is 8.00. The molecular weight excluding hydrogens is 436 g/mol. The molecule has 2 N–H and O–H groups in total. The third-order valence-corrected chi connectivity index (χ3v) is 6.52. The summed E-state index contributed by atoms with van der Waals surface area (Å²) < 4.78 is 1.88. The van der Waals surface area contributed by atoms with Crippen LogP contribution in [0.2, 0.25) is 5.15 Å². The van der Waals surface area contributed by atoms with Crippen LogP contribution in [0.1, 0.15) is 33.6 Å². The fourth-order valence-corrected chi connectivity index (χ4v) is 4.99. The number of fused-ring (bicyclic) bond motifs is 1. The highest BCUT2D eigenvalue weighted by Crippen LogP contribution is 2.36. The van der Waals surface area contributed by atoms with Gasteiger partial charge in [-0.15, -0.1) is 11.8 Å². The first-order valence-corrected chi connectivity index (χ1v) is 11.3. The quantitative estimate of drug-likeness (QED) is 0.438. The molecule has 0 spiro atoms. The van der Waals surface area contributed by atoms with Gasteiger partial charge in [-0.05, 0) is 39.7 Å². The van der Waals surface area contributed by atoms with Crippen molar-refractivity contribution < 1.29 is 4.79 Å². The lowest BCUT2D eigenvalue weighted by atomic mass is 10.1. The van der Waals surface area contributed by atoms with Crippen LogP contribution in [0.15, 0.2) is 30.1 Å². The van der Waals surface area contributed by atoms with Gasteiger partial charge < -0.3 is 10.2 Å². The van der Waals surface area contributed by atoms with Crippen LogP contribution >= 0.6 is 23.4 Å². The lowest BCUT2D eigenvalue weighted by Crippen LogP contribution is -2.40. The molecule has 164 valence electrons. The Morgan fingerprint density at radius 3 is 2.94 bits per heavy atom. The van der Waals surface area contributed by atoms with E-state index in [-0.39, 0.29) is 16.7 Å². The van der Waals surface area contributed by atoms with Crippen molar-refractivity contribution in [2.24, 2.45) is 0 Å². The van der Waals surface area contributed by atoms with Crippen molar-refractivity contribution in [2.75, 3.05) is 18.4 Å². The predicted octanol–water partition coefficient (Wildman–Crippen LogP) is 3.97. The molecule has 1 fully saturated rings. The van der Waals surface area contributed by atoms with E-state index in [1.165, 1.54) is 6.08 Å². The molecule has 3 aromatic rings. The molecule has 1 saturated heterocycles. The normalized spacial score (nSPS) is 17.2. The minimum atomic E-state index is -0.127. The van der Waals surface area contributed by atoms with E-state index < -0.39 is 0 Å². The van der Waals surface area contributed by atoms with Gasteiger partial charge >= 0.3 is 0 Å². The molecule has 1 atom stereocenters. The van der Waals surface area contributed by atoms with Crippen LogP contribution in [-0.4, -0.2) is 59.1 Å². The van der Waals surface area contributed by atoms with Gasteiger partial charge in [0.05, 0.1) is 22.8 Å². The molecule has 0 bridgehead atoms. The molecular formula is C20H25ClN8OS. The summed E-state index contributed by atoms with van der Waals surface area (Å²) >= 11 is 7.91. The standard InChI is InChI=1S/C20H25ClN8OS/c1-5-14(30)28-8-6-7-13(11-28)31-18-15-16(21)26-27-17(15)24-19(25-18)23-12-9-22-29(10-12)20(2,3)4/h5,9-10,13H,1,6-8,11H2,2-4H3,(H2,23,24,25,26,27). The number of anilines is 2. The first-order chi connectivity index (χ1) is 14.7. The summed E-state index contributed by atoms with van der Waals surface area (Å²) in [5.41, 5.74) is 1.22. The van der Waals surface area contributed by atoms with Crippen LogP contribution < -0.4 is 5.32 Å². The lowest BCUT2D eigenvalue weighted by molar-refractivity contribution is -0.126. The smallest absolute Gasteiger partial charge is 0.245 e. The molecule has 1 aliphatic heterocycles. The number of hydrogen-bond acceptors (Lipinski definition) is 7. The Balaban J connectivity index is 1.60. The number of carbonyl (C=O) groups is 1. The Morgan fingerprint density at radius 2 is 2.23 bits per heavy atom. The Hall–Kier alpha value is -2.59. The number of H-pyrrole nitrogens is 1. The topological polar surface area (TPSA) is 105 Å². The van der Waals surface area contributed by atoms with E-state index in [4.69, 9.17) is 16.6 Å². The Kier molecular flexibility index (Phi) is 5.94. The summed E-state index contributed by atoms with van der Waals surface area (Å²) in [6.07, 6.45) is 6.93. The number of hydrogen-bond donors (Lipinski definition) is 2. The minimum absolute atomic E-state index is 0.0438. The highest BCUT2D eigenvalue weighted by atomic mass is 35.5. The van der Waals surface area contributed by atoms with Crippen LogP contribution in [0, 0.1) is 0 Å². The number of likely N-dealkylation sites (tertiary alicyclic amines) is 1. The van der Waals surface area contributed by atoms with Crippen molar-refractivity contribution in [1.29, 1.82) is 0 Å². The Morgan fingerprint density at radius 1 is 1.42 bits per heavy atom. The average molecular weight is 461 g/mol. The van der Waals surface area contributed by atoms with Crippen molar-refractivity contribution in [3.05, 3.63) is 30.2 Å². The Bertz CT molecular complexity index is 1120. The molecule has 0 aliphatic carbocycles. The van der Waals surface area contributed by atoms with Gasteiger partial charge in [0.15, 0.2) is 10.8 Å². The second kappa shape index (κ2) is 8.51. The zero-order valence-electron chi connectivity index (χ0n) is 17.7. The number of amides is 1. The Labute approximate surface area is 189 Å². The molecule has 4 rings (SSSR count). The van der Waals surface area contributed by atoms with Gasteiger partial charge in [0.25, 0.3) is 0 Å². The van der Waals surface area contributed by atoms with E-state index in [0.717, 1.165) is 30.1 Å². The molecule has 1 aliphatic rings. The zero-order chi connectivity index (χ0) is 22.2. The number of rotatable bonds is 5. The van der Waals surface area contributed by atoms with Gasteiger partial charge in [-0.3, -0.25) is 14.6 Å². The summed E-state index contributed by atoms with van der Waals surface area (Å²) in [5.74, 6) is 0.385. The molecule has 1 unspecified atom stereocenters. The number of thioether (sulfide) groups is 1. The number of aromatic amines is 1. The minimum Gasteiger partial charge on any atom is -0.338 e. The van der Waals surface area contributed by atoms with E-state index in [1.807, 2.05) is 15.8 Å². The maximum absolute atomic E-state index is 12.0. The molecule has 0 saturated carbocycles. The number of carbonyl (C=O) groups excluding carboxylic acids is 1. The molecule has 1 amide bonds. The third kappa shape index (κ3) is 4.69. The van der Waals surface area contributed by atoms with Gasteiger partial charge in [-0.2, -0.15) is 15.2 Å². The molecule has 3 aromatic heterocycles. The monoisotopic (exact) mass is 460 g/mol. The number of halogens is 1. The first-order valence-electron chi connectivity index (χ1n) is 10.1. The van der Waals surface area contributed by atoms with Crippen LogP contribution in [0.25, 0.3) is 11.0 Å². The second-order valence-electron chi connectivity index (χ2n) is 8.43. The van der Waals surface area contributed by atoms with Crippen molar-refractivity contribution in [3.8, 4) is 0 Å². The van der Waals surface area contributed by atoms with Gasteiger partial charge in [-0.25, -0.2) is 4.98 Å². The van der Waals surface area contributed by atoms with Crippen molar-refractivity contribution in [2.45, 2.75) is 49.4 Å². The van der Waals surface area contributed by atoms with Crippen LogP contribution in [0.4, 0.5) is 11.6 Å². The fourth-order valence-electron chi connectivity index (χ4n) is 3.41. The van der Waals surface area contributed by atoms with Gasteiger partial charge in [0.1, 0.15) is 5.03 Å². The molecule has 0 aromatic carbocycles. The van der Waals surface area contributed by atoms with E-state index >= 15 is 0 Å². The van der Waals surface area contributed by atoms with E-state index in [0.29, 0.717) is 28.7 Å². The fraction of sp³-hybridized carbons (Fsp3) is 0.450. The van der Waals surface area contributed by atoms with Crippen LogP contribution in [0.5, 0.6) is 0 Å². The van der Waals surface area contributed by atoms with E-state index in [2.05, 4.69) is 52.9 Å². The predicted molar refractivity (Wildman–Crippen MR) is 123 cm³/mol. The summed E-state index contributed by atoms with van der Waals surface area (Å²) in [6, 6.07) is 0. The van der Waals surface area contributed by atoms with Gasteiger partial charge in [0, 0.05) is 24.5 Å². The zero-order valence-corrected chi connectivity index (χ0v) is 19.3. The summed E-state index contributed by atoms with van der Waals surface area (Å²) in [7, 11) is 0. The number of nitrogens with one attached hydrogen (secondary N) is 2. The maximum Gasteiger partial charge on any atom is 0.245 e. The summed E-state index contributed by atoms with van der Waals surface area (Å²) in [5, 5.41) is 16.5. The second-order valence-corrected chi connectivity index (χ2v) is 10.1. The SMILES string of the molecule is C=CC(=O)N1CCCC(Sc2nc(Nc3cnn(C(C)(C)C)c3)nc3[nH]nc(Cl)c23)C1. The summed E-state index contributed by atoms with van der Waals surface area (Å²) in [4.78, 5) is 23.1. The van der Waals surface area contributed by atoms with Crippen molar-refractivity contribution in [1.82, 2.24) is 34.8 Å². The maximum atomic E-state index is 12.0. The largest absolute Gasteiger partial charge is 0.338 e. The van der Waals surface area contributed by atoms with Crippen LogP contribution in [-0.2, 0) is 10.3 Å². The number of piperidine rings is 1. The average Bonchev–Trinajstić information content (AvgIpc) is 3.34. The third-order valence-electron chi connectivity index (χ3n) is 5.01. The van der Waals surface area contributed by atoms with E-state index in [9.17, 15) is 4.79 Å². The highest BCUT2D eigenvalue weighted by Gasteiger charge is 2.26.